The van der Waals surface area contributed by atoms with Gasteiger partial charge < -0.3 is 10.4 Å². The van der Waals surface area contributed by atoms with E-state index in [0.717, 1.165) is 5.56 Å². The van der Waals surface area contributed by atoms with Crippen molar-refractivity contribution in [3.63, 3.8) is 0 Å². The summed E-state index contributed by atoms with van der Waals surface area (Å²) in [4.78, 5) is 10.9. The maximum absolute atomic E-state index is 10.9. The largest absolute Gasteiger partial charge is 0.503 e. The third-order valence-corrected chi connectivity index (χ3v) is 2.05. The number of benzene rings is 1. The monoisotopic (exact) mass is 175 g/mol. The van der Waals surface area contributed by atoms with Gasteiger partial charge in [0.05, 0.1) is 0 Å². The molecule has 1 aliphatic heterocycles. The maximum Gasteiger partial charge on any atom is 0.286 e. The number of aliphatic hydroxyl groups excluding tert-OH is 1. The quantitative estimate of drug-likeness (QED) is 0.671. The van der Waals surface area contributed by atoms with E-state index < -0.39 is 0 Å². The van der Waals surface area contributed by atoms with Crippen LogP contribution in [0.25, 0.3) is 5.57 Å². The van der Waals surface area contributed by atoms with E-state index >= 15 is 0 Å². The molecule has 1 aliphatic rings. The van der Waals surface area contributed by atoms with Crippen molar-refractivity contribution in [2.45, 2.75) is 0 Å². The van der Waals surface area contributed by atoms with Crippen LogP contribution in [0.2, 0.25) is 0 Å². The molecule has 0 atom stereocenters. The lowest BCUT2D eigenvalue weighted by Crippen LogP contribution is -2.17. The topological polar surface area (TPSA) is 49.3 Å². The summed E-state index contributed by atoms with van der Waals surface area (Å²) in [5.41, 5.74) is 1.56. The molecule has 0 radical (unpaired) electrons. The Kier molecular flexibility index (Phi) is 1.77. The summed E-state index contributed by atoms with van der Waals surface area (Å²) >= 11 is 0. The number of carbonyl (C=O) groups excluding carboxylic acids is 1. The van der Waals surface area contributed by atoms with Crippen molar-refractivity contribution < 1.29 is 9.90 Å². The van der Waals surface area contributed by atoms with E-state index in [0.29, 0.717) is 12.1 Å². The molecule has 0 spiro atoms. The summed E-state index contributed by atoms with van der Waals surface area (Å²) in [7, 11) is 0. The van der Waals surface area contributed by atoms with E-state index in [1.54, 1.807) is 0 Å². The second-order valence-corrected chi connectivity index (χ2v) is 2.88. The van der Waals surface area contributed by atoms with Gasteiger partial charge in [-0.1, -0.05) is 30.3 Å². The first-order valence-corrected chi connectivity index (χ1v) is 4.05. The third kappa shape index (κ3) is 1.28. The summed E-state index contributed by atoms with van der Waals surface area (Å²) < 4.78 is 0. The summed E-state index contributed by atoms with van der Waals surface area (Å²) in [6.45, 7) is 0.411. The highest BCUT2D eigenvalue weighted by Crippen LogP contribution is 2.20. The van der Waals surface area contributed by atoms with Crippen LogP contribution < -0.4 is 5.32 Å². The molecule has 1 amide bonds. The predicted octanol–water partition coefficient (Wildman–Crippen LogP) is 1.09. The van der Waals surface area contributed by atoms with Gasteiger partial charge in [-0.3, -0.25) is 4.79 Å². The van der Waals surface area contributed by atoms with E-state index in [-0.39, 0.29) is 11.7 Å². The minimum Gasteiger partial charge on any atom is -0.503 e. The van der Waals surface area contributed by atoms with Gasteiger partial charge in [-0.15, -0.1) is 0 Å². The fraction of sp³-hybridized carbons (Fsp3) is 0.100. The van der Waals surface area contributed by atoms with Crippen LogP contribution in [0.4, 0.5) is 0 Å². The van der Waals surface area contributed by atoms with Crippen LogP contribution in [0.1, 0.15) is 5.56 Å². The van der Waals surface area contributed by atoms with Crippen LogP contribution >= 0.6 is 0 Å². The molecule has 66 valence electrons. The highest BCUT2D eigenvalue weighted by molar-refractivity contribution is 6.03. The van der Waals surface area contributed by atoms with Crippen molar-refractivity contribution in [3.05, 3.63) is 41.7 Å². The zero-order valence-electron chi connectivity index (χ0n) is 6.95. The van der Waals surface area contributed by atoms with E-state index in [4.69, 9.17) is 0 Å². The molecule has 0 saturated heterocycles. The Bertz CT molecular complexity index is 368. The normalized spacial score (nSPS) is 16.2. The first kappa shape index (κ1) is 7.86. The first-order chi connectivity index (χ1) is 6.29. The summed E-state index contributed by atoms with van der Waals surface area (Å²) in [6.07, 6.45) is 0. The van der Waals surface area contributed by atoms with E-state index in [1.807, 2.05) is 30.3 Å². The summed E-state index contributed by atoms with van der Waals surface area (Å²) in [6, 6.07) is 9.37. The van der Waals surface area contributed by atoms with Gasteiger partial charge in [-0.05, 0) is 5.56 Å². The molecule has 2 rings (SSSR count). The zero-order valence-corrected chi connectivity index (χ0v) is 6.95. The average molecular weight is 175 g/mol. The van der Waals surface area contributed by atoms with E-state index in [2.05, 4.69) is 5.32 Å². The zero-order chi connectivity index (χ0) is 9.26. The number of carbonyl (C=O) groups is 1. The Balaban J connectivity index is 2.43. The number of hydrogen-bond donors (Lipinski definition) is 2. The molecule has 0 aromatic heterocycles. The fourth-order valence-corrected chi connectivity index (χ4v) is 1.35. The smallest absolute Gasteiger partial charge is 0.286 e. The predicted molar refractivity (Wildman–Crippen MR) is 49.0 cm³/mol. The molecule has 3 heteroatoms. The van der Waals surface area contributed by atoms with Crippen LogP contribution in [0.5, 0.6) is 0 Å². The Morgan fingerprint density at radius 2 is 1.92 bits per heavy atom. The lowest BCUT2D eigenvalue weighted by Gasteiger charge is -1.99. The molecule has 1 aromatic carbocycles. The highest BCUT2D eigenvalue weighted by Gasteiger charge is 2.22. The number of hydrogen-bond acceptors (Lipinski definition) is 2. The average Bonchev–Trinajstić information content (AvgIpc) is 2.49. The molecule has 0 unspecified atom stereocenters. The molecule has 0 aliphatic carbocycles. The molecule has 3 nitrogen and oxygen atoms in total. The minimum absolute atomic E-state index is 0.161. The molecule has 0 fully saturated rings. The molecule has 1 heterocycles. The Morgan fingerprint density at radius 1 is 1.23 bits per heavy atom. The van der Waals surface area contributed by atoms with Gasteiger partial charge >= 0.3 is 0 Å². The minimum atomic E-state index is -0.390. The van der Waals surface area contributed by atoms with Crippen LogP contribution in [0.3, 0.4) is 0 Å². The molecular weight excluding hydrogens is 166 g/mol. The van der Waals surface area contributed by atoms with Crippen molar-refractivity contribution in [1.82, 2.24) is 5.32 Å². The van der Waals surface area contributed by atoms with Crippen molar-refractivity contribution in [1.29, 1.82) is 0 Å². The van der Waals surface area contributed by atoms with Crippen molar-refractivity contribution >= 4 is 11.5 Å². The van der Waals surface area contributed by atoms with E-state index in [1.165, 1.54) is 0 Å². The highest BCUT2D eigenvalue weighted by atomic mass is 16.3. The van der Waals surface area contributed by atoms with Crippen LogP contribution in [0, 0.1) is 0 Å². The molecule has 0 bridgehead atoms. The van der Waals surface area contributed by atoms with Gasteiger partial charge in [0.25, 0.3) is 5.91 Å². The SMILES string of the molecule is O=C1NCC(c2ccccc2)=C1O. The lowest BCUT2D eigenvalue weighted by molar-refractivity contribution is -0.118. The molecule has 0 saturated carbocycles. The maximum atomic E-state index is 10.9. The standard InChI is InChI=1S/C10H9NO2/c12-9-8(6-11-10(9)13)7-4-2-1-3-5-7/h1-5,12H,6H2,(H,11,13). The van der Waals surface area contributed by atoms with Crippen molar-refractivity contribution in [3.8, 4) is 0 Å². The molecular formula is C10H9NO2. The van der Waals surface area contributed by atoms with Gasteiger partial charge in [-0.2, -0.15) is 0 Å². The number of rotatable bonds is 1. The van der Waals surface area contributed by atoms with Crippen molar-refractivity contribution in [2.75, 3.05) is 6.54 Å². The van der Waals surface area contributed by atoms with Gasteiger partial charge in [0.15, 0.2) is 5.76 Å². The summed E-state index contributed by atoms with van der Waals surface area (Å²) in [5, 5.41) is 11.9. The van der Waals surface area contributed by atoms with Gasteiger partial charge in [0.2, 0.25) is 0 Å². The van der Waals surface area contributed by atoms with Gasteiger partial charge in [-0.25, -0.2) is 0 Å². The Labute approximate surface area is 75.7 Å². The van der Waals surface area contributed by atoms with Gasteiger partial charge in [0.1, 0.15) is 0 Å². The Morgan fingerprint density at radius 3 is 2.46 bits per heavy atom. The third-order valence-electron chi connectivity index (χ3n) is 2.05. The van der Waals surface area contributed by atoms with Crippen LogP contribution in [-0.4, -0.2) is 17.6 Å². The molecule has 2 N–H and O–H groups in total. The lowest BCUT2D eigenvalue weighted by atomic mass is 10.1. The van der Waals surface area contributed by atoms with E-state index in [9.17, 15) is 9.90 Å². The number of amides is 1. The Hall–Kier alpha value is -1.77. The van der Waals surface area contributed by atoms with Crippen LogP contribution in [-0.2, 0) is 4.79 Å². The summed E-state index contributed by atoms with van der Waals surface area (Å²) in [5.74, 6) is -0.551. The van der Waals surface area contributed by atoms with Crippen molar-refractivity contribution in [2.24, 2.45) is 0 Å². The van der Waals surface area contributed by atoms with Crippen LogP contribution in [0.15, 0.2) is 36.1 Å². The number of aliphatic hydroxyl groups is 1. The molecule has 1 aromatic rings. The second-order valence-electron chi connectivity index (χ2n) is 2.88. The number of nitrogens with one attached hydrogen (secondary N) is 1. The van der Waals surface area contributed by atoms with Gasteiger partial charge in [0, 0.05) is 12.1 Å². The fourth-order valence-electron chi connectivity index (χ4n) is 1.35. The first-order valence-electron chi connectivity index (χ1n) is 4.05. The second kappa shape index (κ2) is 2.94. The molecule has 13 heavy (non-hydrogen) atoms.